The highest BCUT2D eigenvalue weighted by molar-refractivity contribution is 5.94. The maximum Gasteiger partial charge on any atom is 0.124 e. The van der Waals surface area contributed by atoms with Crippen molar-refractivity contribution in [2.75, 3.05) is 18.0 Å². The summed E-state index contributed by atoms with van der Waals surface area (Å²) in [6.45, 7) is 4.06. The van der Waals surface area contributed by atoms with Crippen LogP contribution in [0.15, 0.2) is 24.4 Å². The molecule has 0 N–H and O–H groups in total. The van der Waals surface area contributed by atoms with Crippen molar-refractivity contribution in [3.8, 4) is 6.07 Å². The number of rotatable bonds is 1. The van der Waals surface area contributed by atoms with Crippen molar-refractivity contribution >= 4 is 16.6 Å². The van der Waals surface area contributed by atoms with Crippen LogP contribution in [-0.2, 0) is 0 Å². The lowest BCUT2D eigenvalue weighted by Crippen LogP contribution is -2.33. The first-order valence-electron chi connectivity index (χ1n) is 6.92. The summed E-state index contributed by atoms with van der Waals surface area (Å²) in [5.74, 6) is 0.419. The van der Waals surface area contributed by atoms with Crippen LogP contribution >= 0.6 is 0 Å². The average Bonchev–Trinajstić information content (AvgIpc) is 2.47. The van der Waals surface area contributed by atoms with Crippen LogP contribution in [0.5, 0.6) is 0 Å². The molecule has 0 radical (unpaired) electrons. The molecule has 3 rings (SSSR count). The molecule has 1 saturated heterocycles. The van der Waals surface area contributed by atoms with Crippen LogP contribution in [0.4, 0.5) is 10.1 Å². The SMILES string of the molecule is CC1CCN(c2c(C#N)cnc3ccc(F)cc23)CC1. The van der Waals surface area contributed by atoms with E-state index in [1.165, 1.54) is 12.1 Å². The molecule has 0 bridgehead atoms. The Balaban J connectivity index is 2.16. The molecule has 0 amide bonds. The molecule has 3 nitrogen and oxygen atoms in total. The van der Waals surface area contributed by atoms with E-state index < -0.39 is 0 Å². The van der Waals surface area contributed by atoms with Crippen molar-refractivity contribution < 1.29 is 4.39 Å². The van der Waals surface area contributed by atoms with Crippen molar-refractivity contribution in [2.24, 2.45) is 5.92 Å². The van der Waals surface area contributed by atoms with E-state index in [9.17, 15) is 9.65 Å². The highest BCUT2D eigenvalue weighted by atomic mass is 19.1. The quantitative estimate of drug-likeness (QED) is 0.795. The van der Waals surface area contributed by atoms with Gasteiger partial charge in [-0.1, -0.05) is 6.92 Å². The minimum Gasteiger partial charge on any atom is -0.370 e. The molecule has 102 valence electrons. The number of hydrogen-bond donors (Lipinski definition) is 0. The Bertz CT molecular complexity index is 682. The first-order chi connectivity index (χ1) is 9.69. The van der Waals surface area contributed by atoms with Crippen LogP contribution in [0.2, 0.25) is 0 Å². The maximum absolute atomic E-state index is 13.6. The van der Waals surface area contributed by atoms with Gasteiger partial charge in [0.05, 0.1) is 16.8 Å². The summed E-state index contributed by atoms with van der Waals surface area (Å²) in [6.07, 6.45) is 3.79. The third-order valence-electron chi connectivity index (χ3n) is 4.02. The molecule has 1 aliphatic heterocycles. The summed E-state index contributed by atoms with van der Waals surface area (Å²) in [5, 5.41) is 10.1. The molecule has 1 fully saturated rings. The molecular formula is C16H16FN3. The van der Waals surface area contributed by atoms with E-state index >= 15 is 0 Å². The van der Waals surface area contributed by atoms with E-state index in [0.717, 1.165) is 42.5 Å². The maximum atomic E-state index is 13.6. The lowest BCUT2D eigenvalue weighted by Gasteiger charge is -2.33. The van der Waals surface area contributed by atoms with Crippen molar-refractivity contribution in [3.05, 3.63) is 35.8 Å². The Labute approximate surface area is 117 Å². The zero-order chi connectivity index (χ0) is 14.1. The number of nitrogens with zero attached hydrogens (tertiary/aromatic N) is 3. The summed E-state index contributed by atoms with van der Waals surface area (Å²) < 4.78 is 13.6. The molecule has 2 heterocycles. The Kier molecular flexibility index (Phi) is 3.27. The zero-order valence-electron chi connectivity index (χ0n) is 11.4. The largest absolute Gasteiger partial charge is 0.370 e. The van der Waals surface area contributed by atoms with Gasteiger partial charge in [0.15, 0.2) is 0 Å². The van der Waals surface area contributed by atoms with Crippen molar-refractivity contribution in [2.45, 2.75) is 19.8 Å². The lowest BCUT2D eigenvalue weighted by atomic mass is 9.97. The van der Waals surface area contributed by atoms with Crippen LogP contribution in [0, 0.1) is 23.1 Å². The average molecular weight is 269 g/mol. The van der Waals surface area contributed by atoms with Crippen LogP contribution in [0.3, 0.4) is 0 Å². The molecule has 1 aromatic heterocycles. The molecule has 0 saturated carbocycles. The van der Waals surface area contributed by atoms with Gasteiger partial charge in [0.25, 0.3) is 0 Å². The first kappa shape index (κ1) is 12.9. The van der Waals surface area contributed by atoms with Gasteiger partial charge in [-0.05, 0) is 37.0 Å². The topological polar surface area (TPSA) is 39.9 Å². The Morgan fingerprint density at radius 3 is 2.80 bits per heavy atom. The summed E-state index contributed by atoms with van der Waals surface area (Å²) in [7, 11) is 0. The van der Waals surface area contributed by atoms with Gasteiger partial charge in [0.2, 0.25) is 0 Å². The normalized spacial score (nSPS) is 16.4. The number of nitriles is 1. The molecule has 0 aliphatic carbocycles. The standard InChI is InChI=1S/C16H16FN3/c1-11-4-6-20(7-5-11)16-12(9-18)10-19-15-3-2-13(17)8-14(15)16/h2-3,8,10-11H,4-7H2,1H3. The fourth-order valence-electron chi connectivity index (χ4n) is 2.81. The predicted molar refractivity (Wildman–Crippen MR) is 77.0 cm³/mol. The van der Waals surface area contributed by atoms with Crippen molar-refractivity contribution in [1.29, 1.82) is 5.26 Å². The smallest absolute Gasteiger partial charge is 0.124 e. The Hall–Kier alpha value is -2.15. The fourth-order valence-corrected chi connectivity index (χ4v) is 2.81. The summed E-state index contributed by atoms with van der Waals surface area (Å²) in [4.78, 5) is 6.44. The van der Waals surface area contributed by atoms with E-state index in [1.54, 1.807) is 12.3 Å². The second-order valence-corrected chi connectivity index (χ2v) is 5.46. The molecule has 0 atom stereocenters. The van der Waals surface area contributed by atoms with Gasteiger partial charge in [0, 0.05) is 24.7 Å². The van der Waals surface area contributed by atoms with Crippen LogP contribution in [0.1, 0.15) is 25.3 Å². The Morgan fingerprint density at radius 1 is 1.35 bits per heavy atom. The third kappa shape index (κ3) is 2.20. The second kappa shape index (κ2) is 5.09. The van der Waals surface area contributed by atoms with E-state index in [4.69, 9.17) is 0 Å². The molecule has 0 spiro atoms. The minimum absolute atomic E-state index is 0.291. The molecule has 1 aliphatic rings. The molecule has 1 aromatic carbocycles. The van der Waals surface area contributed by atoms with Gasteiger partial charge in [-0.15, -0.1) is 0 Å². The first-order valence-corrected chi connectivity index (χ1v) is 6.92. The van der Waals surface area contributed by atoms with Gasteiger partial charge < -0.3 is 4.90 Å². The number of halogens is 1. The number of aromatic nitrogens is 1. The fraction of sp³-hybridized carbons (Fsp3) is 0.375. The van der Waals surface area contributed by atoms with Crippen LogP contribution in [-0.4, -0.2) is 18.1 Å². The van der Waals surface area contributed by atoms with Gasteiger partial charge in [0.1, 0.15) is 11.9 Å². The van der Waals surface area contributed by atoms with Crippen molar-refractivity contribution in [1.82, 2.24) is 4.98 Å². The predicted octanol–water partition coefficient (Wildman–Crippen LogP) is 3.48. The number of benzene rings is 1. The molecule has 2 aromatic rings. The second-order valence-electron chi connectivity index (χ2n) is 5.46. The molecule has 4 heteroatoms. The van der Waals surface area contributed by atoms with Gasteiger partial charge in [-0.25, -0.2) is 4.39 Å². The summed E-state index contributed by atoms with van der Waals surface area (Å²) >= 11 is 0. The number of fused-ring (bicyclic) bond motifs is 1. The number of hydrogen-bond acceptors (Lipinski definition) is 3. The van der Waals surface area contributed by atoms with Crippen LogP contribution in [0.25, 0.3) is 10.9 Å². The van der Waals surface area contributed by atoms with E-state index in [2.05, 4.69) is 22.9 Å². The highest BCUT2D eigenvalue weighted by Gasteiger charge is 2.21. The molecule has 0 unspecified atom stereocenters. The minimum atomic E-state index is -0.291. The monoisotopic (exact) mass is 269 g/mol. The summed E-state index contributed by atoms with van der Waals surface area (Å²) in [5.41, 5.74) is 2.10. The highest BCUT2D eigenvalue weighted by Crippen LogP contribution is 2.32. The molecule has 20 heavy (non-hydrogen) atoms. The zero-order valence-corrected chi connectivity index (χ0v) is 11.4. The number of piperidine rings is 1. The van der Waals surface area contributed by atoms with E-state index in [1.807, 2.05) is 0 Å². The Morgan fingerprint density at radius 2 is 2.10 bits per heavy atom. The summed E-state index contributed by atoms with van der Waals surface area (Å²) in [6, 6.07) is 6.75. The van der Waals surface area contributed by atoms with Crippen LogP contribution < -0.4 is 4.90 Å². The van der Waals surface area contributed by atoms with E-state index in [-0.39, 0.29) is 5.82 Å². The van der Waals surface area contributed by atoms with Gasteiger partial charge in [-0.2, -0.15) is 5.26 Å². The van der Waals surface area contributed by atoms with E-state index in [0.29, 0.717) is 11.5 Å². The van der Waals surface area contributed by atoms with Crippen molar-refractivity contribution in [3.63, 3.8) is 0 Å². The number of anilines is 1. The molecular weight excluding hydrogens is 253 g/mol. The van der Waals surface area contributed by atoms with Gasteiger partial charge in [-0.3, -0.25) is 4.98 Å². The third-order valence-corrected chi connectivity index (χ3v) is 4.02. The lowest BCUT2D eigenvalue weighted by molar-refractivity contribution is 0.439. The number of pyridine rings is 1. The van der Waals surface area contributed by atoms with Gasteiger partial charge >= 0.3 is 0 Å².